The van der Waals surface area contributed by atoms with Crippen LogP contribution in [0, 0.1) is 13.8 Å². The second kappa shape index (κ2) is 9.31. The van der Waals surface area contributed by atoms with Gasteiger partial charge in [0, 0.05) is 29.8 Å². The van der Waals surface area contributed by atoms with E-state index in [0.29, 0.717) is 5.56 Å². The summed E-state index contributed by atoms with van der Waals surface area (Å²) >= 11 is 0. The van der Waals surface area contributed by atoms with Gasteiger partial charge in [0.05, 0.1) is 12.7 Å². The molecular weight excluding hydrogens is 436 g/mol. The number of methoxy groups -OCH3 is 1. The van der Waals surface area contributed by atoms with Crippen molar-refractivity contribution in [2.24, 2.45) is 0 Å². The molecule has 0 saturated carbocycles. The van der Waals surface area contributed by atoms with Gasteiger partial charge in [-0.15, -0.1) is 0 Å². The number of fused-ring (bicyclic) bond motifs is 2. The Kier molecular flexibility index (Phi) is 6.20. The Morgan fingerprint density at radius 1 is 0.886 bits per heavy atom. The molecule has 35 heavy (non-hydrogen) atoms. The van der Waals surface area contributed by atoms with E-state index < -0.39 is 0 Å². The Hall–Kier alpha value is -3.44. The first-order chi connectivity index (χ1) is 16.9. The maximum absolute atomic E-state index is 13.6. The lowest BCUT2D eigenvalue weighted by atomic mass is 9.74. The highest BCUT2D eigenvalue weighted by Crippen LogP contribution is 2.48. The van der Waals surface area contributed by atoms with E-state index in [-0.39, 0.29) is 17.3 Å². The lowest BCUT2D eigenvalue weighted by Crippen LogP contribution is -2.45. The maximum Gasteiger partial charge on any atom is 0.337 e. The first-order valence-corrected chi connectivity index (χ1v) is 12.3. The van der Waals surface area contributed by atoms with Crippen LogP contribution in [0.5, 0.6) is 0 Å². The number of nitrogens with zero attached hydrogens (tertiary/aromatic N) is 2. The van der Waals surface area contributed by atoms with Crippen molar-refractivity contribution in [3.05, 3.63) is 100 Å². The van der Waals surface area contributed by atoms with Crippen molar-refractivity contribution in [3.63, 3.8) is 0 Å². The van der Waals surface area contributed by atoms with Crippen LogP contribution in [0.4, 0.5) is 5.69 Å². The SMILES string of the molecule is COC(=O)c1ccc(CN2CCC3(CC2)CN(C(=O)c2cccc(C)c2)c2ccc(C)cc23)cc1. The molecule has 0 aromatic heterocycles. The summed E-state index contributed by atoms with van der Waals surface area (Å²) in [6, 6.07) is 22.1. The maximum atomic E-state index is 13.6. The Bertz CT molecular complexity index is 1260. The number of aryl methyl sites for hydroxylation is 2. The fourth-order valence-electron chi connectivity index (χ4n) is 5.59. The van der Waals surface area contributed by atoms with Crippen LogP contribution in [0.3, 0.4) is 0 Å². The summed E-state index contributed by atoms with van der Waals surface area (Å²) in [5, 5.41) is 0. The Morgan fingerprint density at radius 3 is 2.29 bits per heavy atom. The van der Waals surface area contributed by atoms with Crippen LogP contribution in [-0.4, -0.2) is 43.5 Å². The van der Waals surface area contributed by atoms with Gasteiger partial charge in [0.25, 0.3) is 5.91 Å². The van der Waals surface area contributed by atoms with Gasteiger partial charge in [-0.2, -0.15) is 0 Å². The van der Waals surface area contributed by atoms with Crippen molar-refractivity contribution in [2.45, 2.75) is 38.6 Å². The molecule has 1 saturated heterocycles. The smallest absolute Gasteiger partial charge is 0.337 e. The summed E-state index contributed by atoms with van der Waals surface area (Å²) in [7, 11) is 1.40. The van der Waals surface area contributed by atoms with E-state index in [1.807, 2.05) is 60.4 Å². The van der Waals surface area contributed by atoms with E-state index >= 15 is 0 Å². The molecule has 5 heteroatoms. The standard InChI is InChI=1S/C30H32N2O3/c1-21-5-4-6-25(17-21)28(33)32-20-30(26-18-22(2)7-12-27(26)32)13-15-31(16-14-30)19-23-8-10-24(11-9-23)29(34)35-3/h4-12,17-18H,13-16,19-20H2,1-3H3. The van der Waals surface area contributed by atoms with Crippen LogP contribution in [0.2, 0.25) is 0 Å². The summed E-state index contributed by atoms with van der Waals surface area (Å²) in [6.07, 6.45) is 2.03. The van der Waals surface area contributed by atoms with Crippen molar-refractivity contribution in [1.82, 2.24) is 4.90 Å². The van der Waals surface area contributed by atoms with E-state index in [1.165, 1.54) is 23.8 Å². The van der Waals surface area contributed by atoms with Gasteiger partial charge in [-0.3, -0.25) is 9.69 Å². The molecule has 5 nitrogen and oxygen atoms in total. The number of esters is 1. The normalized spacial score (nSPS) is 16.8. The number of hydrogen-bond acceptors (Lipinski definition) is 4. The highest BCUT2D eigenvalue weighted by atomic mass is 16.5. The fraction of sp³-hybridized carbons (Fsp3) is 0.333. The average Bonchev–Trinajstić information content (AvgIpc) is 3.18. The van der Waals surface area contributed by atoms with Crippen LogP contribution in [0.15, 0.2) is 66.7 Å². The lowest BCUT2D eigenvalue weighted by Gasteiger charge is -2.40. The van der Waals surface area contributed by atoms with Gasteiger partial charge in [-0.05, 0) is 81.2 Å². The number of carbonyl (C=O) groups excluding carboxylic acids is 2. The topological polar surface area (TPSA) is 49.9 Å². The largest absolute Gasteiger partial charge is 0.465 e. The molecule has 1 spiro atoms. The number of carbonyl (C=O) groups is 2. The summed E-state index contributed by atoms with van der Waals surface area (Å²) < 4.78 is 4.80. The second-order valence-electron chi connectivity index (χ2n) is 10.0. The Balaban J connectivity index is 1.33. The predicted octanol–water partition coefficient (Wildman–Crippen LogP) is 5.28. The third-order valence-corrected chi connectivity index (χ3v) is 7.58. The summed E-state index contributed by atoms with van der Waals surface area (Å²) in [6.45, 7) is 7.69. The molecule has 3 aromatic rings. The first kappa shape index (κ1) is 23.3. The highest BCUT2D eigenvalue weighted by molar-refractivity contribution is 6.08. The number of amides is 1. The molecule has 1 amide bonds. The van der Waals surface area contributed by atoms with Crippen LogP contribution in [0.25, 0.3) is 0 Å². The average molecular weight is 469 g/mol. The molecule has 0 bridgehead atoms. The highest BCUT2D eigenvalue weighted by Gasteiger charge is 2.46. The van der Waals surface area contributed by atoms with Gasteiger partial charge in [-0.25, -0.2) is 4.79 Å². The zero-order chi connectivity index (χ0) is 24.6. The number of benzene rings is 3. The van der Waals surface area contributed by atoms with Gasteiger partial charge >= 0.3 is 5.97 Å². The number of anilines is 1. The van der Waals surface area contributed by atoms with Crippen molar-refractivity contribution in [2.75, 3.05) is 31.6 Å². The predicted molar refractivity (Wildman–Crippen MR) is 138 cm³/mol. The Labute approximate surface area is 207 Å². The van der Waals surface area contributed by atoms with Gasteiger partial charge in [0.15, 0.2) is 0 Å². The third-order valence-electron chi connectivity index (χ3n) is 7.58. The van der Waals surface area contributed by atoms with Crippen molar-refractivity contribution >= 4 is 17.6 Å². The van der Waals surface area contributed by atoms with E-state index in [9.17, 15) is 9.59 Å². The number of likely N-dealkylation sites (tertiary alicyclic amines) is 1. The van der Waals surface area contributed by atoms with E-state index in [1.54, 1.807) is 0 Å². The van der Waals surface area contributed by atoms with Gasteiger partial charge in [0.1, 0.15) is 0 Å². The fourth-order valence-corrected chi connectivity index (χ4v) is 5.59. The quantitative estimate of drug-likeness (QED) is 0.489. The lowest BCUT2D eigenvalue weighted by molar-refractivity contribution is 0.0600. The minimum atomic E-state index is -0.309. The number of ether oxygens (including phenoxy) is 1. The van der Waals surface area contributed by atoms with Crippen LogP contribution in [0.1, 0.15) is 55.8 Å². The van der Waals surface area contributed by atoms with Crippen LogP contribution < -0.4 is 4.90 Å². The molecule has 3 aromatic carbocycles. The monoisotopic (exact) mass is 468 g/mol. The van der Waals surface area contributed by atoms with E-state index in [2.05, 4.69) is 30.0 Å². The van der Waals surface area contributed by atoms with E-state index in [0.717, 1.165) is 55.8 Å². The zero-order valence-electron chi connectivity index (χ0n) is 20.7. The number of rotatable bonds is 4. The molecule has 1 fully saturated rings. The summed E-state index contributed by atoms with van der Waals surface area (Å²) in [5.74, 6) is -0.222. The Morgan fingerprint density at radius 2 is 1.60 bits per heavy atom. The van der Waals surface area contributed by atoms with E-state index in [4.69, 9.17) is 4.74 Å². The van der Waals surface area contributed by atoms with Crippen molar-refractivity contribution < 1.29 is 14.3 Å². The molecule has 5 rings (SSSR count). The summed E-state index contributed by atoms with van der Waals surface area (Å²) in [5.41, 5.74) is 7.23. The van der Waals surface area contributed by atoms with Gasteiger partial charge < -0.3 is 9.64 Å². The molecule has 180 valence electrons. The summed E-state index contributed by atoms with van der Waals surface area (Å²) in [4.78, 5) is 29.7. The molecule has 2 aliphatic heterocycles. The minimum absolute atomic E-state index is 0.00786. The minimum Gasteiger partial charge on any atom is -0.465 e. The molecule has 2 aliphatic rings. The first-order valence-electron chi connectivity index (χ1n) is 12.3. The molecule has 0 radical (unpaired) electrons. The van der Waals surface area contributed by atoms with Crippen LogP contribution in [-0.2, 0) is 16.7 Å². The molecule has 0 atom stereocenters. The third kappa shape index (κ3) is 4.48. The second-order valence-corrected chi connectivity index (χ2v) is 10.0. The van der Waals surface area contributed by atoms with Crippen LogP contribution >= 0.6 is 0 Å². The van der Waals surface area contributed by atoms with Crippen molar-refractivity contribution in [1.29, 1.82) is 0 Å². The molecule has 0 N–H and O–H groups in total. The number of piperidine rings is 1. The molecule has 0 aliphatic carbocycles. The zero-order valence-corrected chi connectivity index (χ0v) is 20.7. The molecular formula is C30H32N2O3. The molecule has 2 heterocycles. The molecule has 0 unspecified atom stereocenters. The van der Waals surface area contributed by atoms with Crippen molar-refractivity contribution in [3.8, 4) is 0 Å². The van der Waals surface area contributed by atoms with Gasteiger partial charge in [0.2, 0.25) is 0 Å². The number of hydrogen-bond donors (Lipinski definition) is 0. The van der Waals surface area contributed by atoms with Gasteiger partial charge in [-0.1, -0.05) is 47.5 Å².